The van der Waals surface area contributed by atoms with E-state index in [0.29, 0.717) is 0 Å². The first-order chi connectivity index (χ1) is 8.93. The lowest BCUT2D eigenvalue weighted by Crippen LogP contribution is -2.37. The maximum absolute atomic E-state index is 11.6. The Bertz CT molecular complexity index is 428. The first-order valence-electron chi connectivity index (χ1n) is 6.34. The summed E-state index contributed by atoms with van der Waals surface area (Å²) in [7, 11) is -2.15. The molecule has 0 unspecified atom stereocenters. The third-order valence-corrected chi connectivity index (χ3v) is 4.50. The Kier molecular flexibility index (Phi) is 5.76. The highest BCUT2D eigenvalue weighted by Crippen LogP contribution is 2.14. The normalized spacial score (nSPS) is 10.9. The molecule has 0 atom stereocenters. The molecule has 0 fully saturated rings. The van der Waals surface area contributed by atoms with Crippen LogP contribution in [0.1, 0.15) is 18.9 Å². The molecule has 104 valence electrons. The van der Waals surface area contributed by atoms with E-state index in [1.54, 1.807) is 6.92 Å². The first kappa shape index (κ1) is 15.4. The Balaban J connectivity index is 2.50. The summed E-state index contributed by atoms with van der Waals surface area (Å²) in [6.07, 6.45) is -0.306. The van der Waals surface area contributed by atoms with E-state index >= 15 is 0 Å². The van der Waals surface area contributed by atoms with Crippen LogP contribution in [-0.4, -0.2) is 26.9 Å². The SMILES string of the molecule is CCOC(=O)CC(=O)O[Si](C)(C)Cc1ccccc1. The molecule has 0 aliphatic rings. The van der Waals surface area contributed by atoms with Crippen LogP contribution < -0.4 is 0 Å². The third-order valence-electron chi connectivity index (χ3n) is 2.46. The van der Waals surface area contributed by atoms with Gasteiger partial charge in [-0.2, -0.15) is 0 Å². The number of rotatable bonds is 6. The molecule has 0 bridgehead atoms. The Hall–Kier alpha value is -1.62. The molecule has 5 heteroatoms. The predicted molar refractivity (Wildman–Crippen MR) is 75.0 cm³/mol. The lowest BCUT2D eigenvalue weighted by Gasteiger charge is -2.22. The number of carbonyl (C=O) groups is 2. The van der Waals surface area contributed by atoms with Crippen LogP contribution in [0.4, 0.5) is 0 Å². The number of benzene rings is 1. The Morgan fingerprint density at radius 2 is 1.74 bits per heavy atom. The summed E-state index contributed by atoms with van der Waals surface area (Å²) in [5.74, 6) is -1.02. The zero-order chi connectivity index (χ0) is 14.3. The molecule has 4 nitrogen and oxygen atoms in total. The lowest BCUT2D eigenvalue weighted by molar-refractivity contribution is -0.150. The van der Waals surface area contributed by atoms with Gasteiger partial charge in [0.05, 0.1) is 6.61 Å². The van der Waals surface area contributed by atoms with Crippen molar-refractivity contribution >= 4 is 20.3 Å². The van der Waals surface area contributed by atoms with Gasteiger partial charge in [0.25, 0.3) is 8.32 Å². The minimum Gasteiger partial charge on any atom is -0.519 e. The van der Waals surface area contributed by atoms with Crippen molar-refractivity contribution in [2.45, 2.75) is 32.5 Å². The fraction of sp³-hybridized carbons (Fsp3) is 0.429. The Morgan fingerprint density at radius 1 is 1.11 bits per heavy atom. The minimum atomic E-state index is -2.15. The monoisotopic (exact) mass is 280 g/mol. The molecule has 0 radical (unpaired) electrons. The van der Waals surface area contributed by atoms with Gasteiger partial charge < -0.3 is 9.16 Å². The number of esters is 1. The highest BCUT2D eigenvalue weighted by Gasteiger charge is 2.28. The topological polar surface area (TPSA) is 52.6 Å². The van der Waals surface area contributed by atoms with E-state index in [4.69, 9.17) is 9.16 Å². The number of hydrogen-bond donors (Lipinski definition) is 0. The number of hydrogen-bond acceptors (Lipinski definition) is 4. The van der Waals surface area contributed by atoms with Crippen LogP contribution in [0.3, 0.4) is 0 Å². The molecule has 0 saturated carbocycles. The second-order valence-electron chi connectivity index (χ2n) is 4.88. The van der Waals surface area contributed by atoms with Crippen molar-refractivity contribution in [3.63, 3.8) is 0 Å². The van der Waals surface area contributed by atoms with Crippen molar-refractivity contribution in [1.29, 1.82) is 0 Å². The first-order valence-corrected chi connectivity index (χ1v) is 9.46. The van der Waals surface area contributed by atoms with E-state index in [9.17, 15) is 9.59 Å². The molecule has 0 aromatic heterocycles. The van der Waals surface area contributed by atoms with Gasteiger partial charge in [0, 0.05) is 6.04 Å². The average molecular weight is 280 g/mol. The van der Waals surface area contributed by atoms with Crippen molar-refractivity contribution in [1.82, 2.24) is 0 Å². The third kappa shape index (κ3) is 6.19. The molecular formula is C14H20O4Si. The van der Waals surface area contributed by atoms with E-state index in [2.05, 4.69) is 0 Å². The molecular weight excluding hydrogens is 260 g/mol. The molecule has 0 spiro atoms. The van der Waals surface area contributed by atoms with Crippen LogP contribution in [0.5, 0.6) is 0 Å². The summed E-state index contributed by atoms with van der Waals surface area (Å²) in [6.45, 7) is 5.90. The maximum atomic E-state index is 11.6. The predicted octanol–water partition coefficient (Wildman–Crippen LogP) is 2.47. The Labute approximate surface area is 114 Å². The van der Waals surface area contributed by atoms with Crippen molar-refractivity contribution in [3.05, 3.63) is 35.9 Å². The van der Waals surface area contributed by atoms with Crippen LogP contribution in [-0.2, 0) is 24.8 Å². The zero-order valence-corrected chi connectivity index (χ0v) is 12.6. The van der Waals surface area contributed by atoms with E-state index in [1.165, 1.54) is 0 Å². The summed E-state index contributed by atoms with van der Waals surface area (Å²) >= 11 is 0. The molecule has 1 aromatic carbocycles. The Morgan fingerprint density at radius 3 is 2.32 bits per heavy atom. The molecule has 19 heavy (non-hydrogen) atoms. The second-order valence-corrected chi connectivity index (χ2v) is 8.95. The van der Waals surface area contributed by atoms with Crippen LogP contribution in [0, 0.1) is 0 Å². The van der Waals surface area contributed by atoms with Gasteiger partial charge in [0.15, 0.2) is 0 Å². The standard InChI is InChI=1S/C14H20O4Si/c1-4-17-13(15)10-14(16)18-19(2,3)11-12-8-6-5-7-9-12/h5-9H,4,10-11H2,1-3H3. The molecule has 0 heterocycles. The highest BCUT2D eigenvalue weighted by molar-refractivity contribution is 6.72. The van der Waals surface area contributed by atoms with Gasteiger partial charge in [-0.3, -0.25) is 9.59 Å². The summed E-state index contributed by atoms with van der Waals surface area (Å²) in [4.78, 5) is 22.8. The summed E-state index contributed by atoms with van der Waals surface area (Å²) < 4.78 is 10.2. The van der Waals surface area contributed by atoms with Crippen molar-refractivity contribution in [2.75, 3.05) is 6.61 Å². The minimum absolute atomic E-state index is 0.275. The molecule has 0 saturated heterocycles. The summed E-state index contributed by atoms with van der Waals surface area (Å²) in [5, 5.41) is 0. The fourth-order valence-electron chi connectivity index (χ4n) is 1.80. The van der Waals surface area contributed by atoms with Gasteiger partial charge in [-0.1, -0.05) is 30.3 Å². The van der Waals surface area contributed by atoms with Crippen LogP contribution in [0.25, 0.3) is 0 Å². The molecule has 1 aromatic rings. The molecule has 0 amide bonds. The summed E-state index contributed by atoms with van der Waals surface area (Å²) in [6, 6.07) is 10.6. The van der Waals surface area contributed by atoms with Crippen LogP contribution in [0.2, 0.25) is 13.1 Å². The quantitative estimate of drug-likeness (QED) is 0.456. The van der Waals surface area contributed by atoms with Crippen molar-refractivity contribution < 1.29 is 18.8 Å². The summed E-state index contributed by atoms with van der Waals surface area (Å²) in [5.41, 5.74) is 1.14. The highest BCUT2D eigenvalue weighted by atomic mass is 28.4. The van der Waals surface area contributed by atoms with Gasteiger partial charge in [0.2, 0.25) is 0 Å². The van der Waals surface area contributed by atoms with Crippen molar-refractivity contribution in [2.24, 2.45) is 0 Å². The molecule has 0 aliphatic heterocycles. The van der Waals surface area contributed by atoms with Gasteiger partial charge in [-0.15, -0.1) is 0 Å². The van der Waals surface area contributed by atoms with E-state index < -0.39 is 20.3 Å². The van der Waals surface area contributed by atoms with E-state index in [0.717, 1.165) is 11.6 Å². The van der Waals surface area contributed by atoms with Crippen LogP contribution in [0.15, 0.2) is 30.3 Å². The lowest BCUT2D eigenvalue weighted by atomic mass is 10.2. The van der Waals surface area contributed by atoms with E-state index in [-0.39, 0.29) is 13.0 Å². The van der Waals surface area contributed by atoms with Gasteiger partial charge in [-0.05, 0) is 25.6 Å². The smallest absolute Gasteiger partial charge is 0.317 e. The zero-order valence-electron chi connectivity index (χ0n) is 11.6. The fourth-order valence-corrected chi connectivity index (χ4v) is 3.78. The van der Waals surface area contributed by atoms with Gasteiger partial charge in [0.1, 0.15) is 6.42 Å². The second kappa shape index (κ2) is 7.09. The number of ether oxygens (including phenoxy) is 1. The molecule has 0 aliphatic carbocycles. The van der Waals surface area contributed by atoms with Crippen molar-refractivity contribution in [3.8, 4) is 0 Å². The van der Waals surface area contributed by atoms with Gasteiger partial charge in [-0.25, -0.2) is 0 Å². The number of carbonyl (C=O) groups excluding carboxylic acids is 2. The van der Waals surface area contributed by atoms with Crippen LogP contribution >= 0.6 is 0 Å². The molecule has 0 N–H and O–H groups in total. The largest absolute Gasteiger partial charge is 0.519 e. The average Bonchev–Trinajstić information content (AvgIpc) is 2.28. The molecule has 1 rings (SSSR count). The van der Waals surface area contributed by atoms with E-state index in [1.807, 2.05) is 43.4 Å². The van der Waals surface area contributed by atoms with Gasteiger partial charge >= 0.3 is 11.9 Å². The maximum Gasteiger partial charge on any atom is 0.317 e.